The normalized spacial score (nSPS) is 15.3. The van der Waals surface area contributed by atoms with Gasteiger partial charge in [0.25, 0.3) is 0 Å². The van der Waals surface area contributed by atoms with Gasteiger partial charge in [0.15, 0.2) is 0 Å². The molecule has 1 aliphatic carbocycles. The van der Waals surface area contributed by atoms with E-state index in [9.17, 15) is 0 Å². The zero-order chi connectivity index (χ0) is 13.0. The lowest BCUT2D eigenvalue weighted by atomic mass is 9.99. The van der Waals surface area contributed by atoms with Crippen LogP contribution in [0.5, 0.6) is 0 Å². The summed E-state index contributed by atoms with van der Waals surface area (Å²) in [6.07, 6.45) is 0. The summed E-state index contributed by atoms with van der Waals surface area (Å²) >= 11 is 5.17. The van der Waals surface area contributed by atoms with Gasteiger partial charge in [-0.15, -0.1) is 0 Å². The van der Waals surface area contributed by atoms with E-state index in [4.69, 9.17) is 0 Å². The van der Waals surface area contributed by atoms with Crippen molar-refractivity contribution in [2.75, 3.05) is 0 Å². The molecule has 2 heteroatoms. The van der Waals surface area contributed by atoms with E-state index in [1.807, 2.05) is 0 Å². The molecule has 3 aromatic rings. The Labute approximate surface area is 139 Å². The smallest absolute Gasteiger partial charge is 0.0619 e. The van der Waals surface area contributed by atoms with Gasteiger partial charge in [-0.1, -0.05) is 106 Å². The van der Waals surface area contributed by atoms with Crippen LogP contribution in [0.15, 0.2) is 60.7 Å². The summed E-state index contributed by atoms with van der Waals surface area (Å²) in [5, 5.41) is 2.70. The predicted octanol–water partition coefficient (Wildman–Crippen LogP) is 5.89. The van der Waals surface area contributed by atoms with Crippen LogP contribution in [-0.4, -0.2) is 0 Å². The minimum absolute atomic E-state index is 0.0301. The fourth-order valence-electron chi connectivity index (χ4n) is 2.96. The second-order valence-electron chi connectivity index (χ2n) is 4.83. The largest absolute Gasteiger partial charge is 0.125 e. The average molecular weight is 468 g/mol. The lowest BCUT2D eigenvalue weighted by Crippen LogP contribution is -2.06. The Morgan fingerprint density at radius 3 is 2.32 bits per heavy atom. The highest BCUT2D eigenvalue weighted by Gasteiger charge is 2.39. The highest BCUT2D eigenvalue weighted by Crippen LogP contribution is 2.58. The Kier molecular flexibility index (Phi) is 2.68. The number of alkyl halides is 2. The van der Waals surface area contributed by atoms with Gasteiger partial charge < -0.3 is 0 Å². The quantitative estimate of drug-likeness (QED) is 0.285. The van der Waals surface area contributed by atoms with Gasteiger partial charge in [0.1, 0.15) is 1.43 Å². The maximum atomic E-state index is 2.58. The summed E-state index contributed by atoms with van der Waals surface area (Å²) in [5.41, 5.74) is 5.64. The van der Waals surface area contributed by atoms with Gasteiger partial charge in [-0.2, -0.15) is 0 Å². The van der Waals surface area contributed by atoms with Crippen LogP contribution in [-0.2, 0) is 1.43 Å². The zero-order valence-corrected chi connectivity index (χ0v) is 14.3. The number of hydrogen-bond acceptors (Lipinski definition) is 0. The molecule has 0 saturated heterocycles. The highest BCUT2D eigenvalue weighted by atomic mass is 127. The molecule has 0 N–H and O–H groups in total. The van der Waals surface area contributed by atoms with Gasteiger partial charge in [-0.05, 0) is 33.0 Å². The van der Waals surface area contributed by atoms with E-state index >= 15 is 0 Å². The van der Waals surface area contributed by atoms with Crippen LogP contribution in [0.3, 0.4) is 0 Å². The van der Waals surface area contributed by atoms with Crippen LogP contribution in [0.2, 0.25) is 0 Å². The molecule has 0 saturated carbocycles. The first-order valence-corrected chi connectivity index (χ1v) is 8.35. The SMILES string of the molecule is IC1(I)c2ccccc2-c2ccc3ccccc3c21. The van der Waals surface area contributed by atoms with Gasteiger partial charge in [0.2, 0.25) is 0 Å². The molecule has 4 rings (SSSR count). The van der Waals surface area contributed by atoms with Crippen molar-refractivity contribution in [3.63, 3.8) is 0 Å². The minimum Gasteiger partial charge on any atom is -0.0619 e. The fourth-order valence-corrected chi connectivity index (χ4v) is 5.06. The van der Waals surface area contributed by atoms with Crippen molar-refractivity contribution in [2.24, 2.45) is 0 Å². The van der Waals surface area contributed by atoms with Gasteiger partial charge in [-0.25, -0.2) is 0 Å². The van der Waals surface area contributed by atoms with E-state index in [1.54, 1.807) is 0 Å². The molecule has 0 fully saturated rings. The number of fused-ring (bicyclic) bond motifs is 5. The first kappa shape index (κ1) is 12.1. The molecule has 92 valence electrons. The summed E-state index contributed by atoms with van der Waals surface area (Å²) in [4.78, 5) is 0. The molecule has 0 atom stereocenters. The van der Waals surface area contributed by atoms with E-state index in [2.05, 4.69) is 106 Å². The van der Waals surface area contributed by atoms with Crippen LogP contribution in [0, 0.1) is 0 Å². The molecule has 19 heavy (non-hydrogen) atoms. The molecule has 0 spiro atoms. The van der Waals surface area contributed by atoms with Crippen molar-refractivity contribution < 1.29 is 0 Å². The number of rotatable bonds is 0. The monoisotopic (exact) mass is 468 g/mol. The third-order valence-electron chi connectivity index (χ3n) is 3.80. The molecule has 0 aromatic heterocycles. The Morgan fingerprint density at radius 1 is 0.684 bits per heavy atom. The van der Waals surface area contributed by atoms with Crippen molar-refractivity contribution in [2.45, 2.75) is 1.43 Å². The second kappa shape index (κ2) is 4.19. The highest BCUT2D eigenvalue weighted by molar-refractivity contribution is 14.2. The molecular formula is C17H10I2. The molecule has 0 heterocycles. The van der Waals surface area contributed by atoms with Crippen LogP contribution >= 0.6 is 45.2 Å². The molecular weight excluding hydrogens is 458 g/mol. The molecule has 0 radical (unpaired) electrons. The first-order chi connectivity index (χ1) is 9.19. The molecule has 0 aliphatic heterocycles. The number of benzene rings is 3. The molecule has 0 bridgehead atoms. The molecule has 0 unspecified atom stereocenters. The summed E-state index contributed by atoms with van der Waals surface area (Å²) in [5.74, 6) is 0. The summed E-state index contributed by atoms with van der Waals surface area (Å²) in [7, 11) is 0. The van der Waals surface area contributed by atoms with E-state index in [-0.39, 0.29) is 1.43 Å². The van der Waals surface area contributed by atoms with Crippen molar-refractivity contribution in [3.8, 4) is 11.1 Å². The Morgan fingerprint density at radius 2 is 1.42 bits per heavy atom. The fraction of sp³-hybridized carbons (Fsp3) is 0.0588. The van der Waals surface area contributed by atoms with Crippen LogP contribution < -0.4 is 0 Å². The standard InChI is InChI=1S/C17H10I2/c18-17(19)15-8-4-3-7-13(15)14-10-9-11-5-1-2-6-12(11)16(14)17/h1-10H. The van der Waals surface area contributed by atoms with Crippen LogP contribution in [0.1, 0.15) is 11.1 Å². The third kappa shape index (κ3) is 1.62. The van der Waals surface area contributed by atoms with Crippen LogP contribution in [0.4, 0.5) is 0 Å². The van der Waals surface area contributed by atoms with Gasteiger partial charge >= 0.3 is 0 Å². The number of halogens is 2. The maximum Gasteiger partial charge on any atom is 0.125 e. The Bertz CT molecular complexity index is 803. The Hall–Kier alpha value is -0.620. The molecule has 1 aliphatic rings. The number of hydrogen-bond donors (Lipinski definition) is 0. The van der Waals surface area contributed by atoms with Gasteiger partial charge in [0.05, 0.1) is 0 Å². The summed E-state index contributed by atoms with van der Waals surface area (Å²) in [6, 6.07) is 22.0. The van der Waals surface area contributed by atoms with E-state index in [0.29, 0.717) is 0 Å². The second-order valence-corrected chi connectivity index (χ2v) is 10.1. The predicted molar refractivity (Wildman–Crippen MR) is 98.2 cm³/mol. The molecule has 0 nitrogen and oxygen atoms in total. The van der Waals surface area contributed by atoms with E-state index in [0.717, 1.165) is 0 Å². The maximum absolute atomic E-state index is 2.58. The van der Waals surface area contributed by atoms with Gasteiger partial charge in [-0.3, -0.25) is 0 Å². The van der Waals surface area contributed by atoms with Gasteiger partial charge in [0, 0.05) is 0 Å². The lowest BCUT2D eigenvalue weighted by molar-refractivity contribution is 1.25. The van der Waals surface area contributed by atoms with Crippen molar-refractivity contribution in [3.05, 3.63) is 71.8 Å². The Balaban J connectivity index is 2.20. The lowest BCUT2D eigenvalue weighted by Gasteiger charge is -2.18. The molecule has 0 amide bonds. The van der Waals surface area contributed by atoms with E-state index in [1.165, 1.54) is 33.0 Å². The van der Waals surface area contributed by atoms with Crippen molar-refractivity contribution in [1.82, 2.24) is 0 Å². The summed E-state index contributed by atoms with van der Waals surface area (Å²) in [6.45, 7) is 0. The van der Waals surface area contributed by atoms with Crippen molar-refractivity contribution in [1.29, 1.82) is 0 Å². The van der Waals surface area contributed by atoms with Crippen molar-refractivity contribution >= 4 is 56.0 Å². The topological polar surface area (TPSA) is 0 Å². The first-order valence-electron chi connectivity index (χ1n) is 6.19. The van der Waals surface area contributed by atoms with E-state index < -0.39 is 0 Å². The zero-order valence-electron chi connectivity index (χ0n) is 10.0. The minimum atomic E-state index is 0.0301. The average Bonchev–Trinajstić information content (AvgIpc) is 2.68. The third-order valence-corrected chi connectivity index (χ3v) is 6.04. The summed E-state index contributed by atoms with van der Waals surface area (Å²) < 4.78 is 0.0301. The molecule has 3 aromatic carbocycles. The van der Waals surface area contributed by atoms with Crippen LogP contribution in [0.25, 0.3) is 21.9 Å².